The lowest BCUT2D eigenvalue weighted by Gasteiger charge is -2.20. The summed E-state index contributed by atoms with van der Waals surface area (Å²) < 4.78 is 26.2. The van der Waals surface area contributed by atoms with Gasteiger partial charge < -0.3 is 5.11 Å². The lowest BCUT2D eigenvalue weighted by Crippen LogP contribution is -2.49. The molecule has 0 spiro atoms. The van der Waals surface area contributed by atoms with Crippen molar-refractivity contribution in [3.8, 4) is 0 Å². The van der Waals surface area contributed by atoms with E-state index in [-0.39, 0.29) is 4.90 Å². The van der Waals surface area contributed by atoms with Gasteiger partial charge in [-0.1, -0.05) is 0 Å². The molecule has 0 radical (unpaired) electrons. The first kappa shape index (κ1) is 14.1. The SMILES string of the molecule is Cc1cc(S(=O)(=O)NC(C)(C)C(=O)O)c(C)s1. The van der Waals surface area contributed by atoms with Crippen molar-refractivity contribution in [3.63, 3.8) is 0 Å². The van der Waals surface area contributed by atoms with E-state index < -0.39 is 21.5 Å². The number of hydrogen-bond acceptors (Lipinski definition) is 4. The molecule has 0 aliphatic rings. The van der Waals surface area contributed by atoms with Gasteiger partial charge in [-0.3, -0.25) is 4.79 Å². The van der Waals surface area contributed by atoms with Crippen molar-refractivity contribution in [2.45, 2.75) is 38.1 Å². The molecule has 5 nitrogen and oxygen atoms in total. The van der Waals surface area contributed by atoms with Gasteiger partial charge in [-0.25, -0.2) is 8.42 Å². The number of carboxylic acid groups (broad SMARTS) is 1. The number of rotatable bonds is 4. The lowest BCUT2D eigenvalue weighted by atomic mass is 10.1. The zero-order valence-corrected chi connectivity index (χ0v) is 11.7. The predicted molar refractivity (Wildman–Crippen MR) is 65.8 cm³/mol. The molecule has 17 heavy (non-hydrogen) atoms. The number of aliphatic carboxylic acids is 1. The Morgan fingerprint density at radius 1 is 1.41 bits per heavy atom. The van der Waals surface area contributed by atoms with E-state index in [0.29, 0.717) is 4.88 Å². The average molecular weight is 277 g/mol. The van der Waals surface area contributed by atoms with E-state index >= 15 is 0 Å². The molecule has 0 aliphatic heterocycles. The quantitative estimate of drug-likeness (QED) is 0.873. The van der Waals surface area contributed by atoms with E-state index in [4.69, 9.17) is 5.11 Å². The van der Waals surface area contributed by atoms with Gasteiger partial charge in [0.05, 0.1) is 4.90 Å². The predicted octanol–water partition coefficient (Wildman–Crippen LogP) is 1.51. The Kier molecular flexibility index (Phi) is 3.66. The number of carbonyl (C=O) groups is 1. The third-order valence-electron chi connectivity index (χ3n) is 2.21. The second kappa shape index (κ2) is 4.40. The zero-order valence-electron chi connectivity index (χ0n) is 10.1. The number of carboxylic acids is 1. The molecule has 0 aliphatic carbocycles. The molecule has 0 amide bonds. The number of aryl methyl sites for hydroxylation is 2. The molecular formula is C10H15NO4S2. The summed E-state index contributed by atoms with van der Waals surface area (Å²) in [6.07, 6.45) is 0. The molecule has 2 N–H and O–H groups in total. The first-order chi connectivity index (χ1) is 7.56. The van der Waals surface area contributed by atoms with Crippen LogP contribution in [0.5, 0.6) is 0 Å². The minimum atomic E-state index is -3.79. The van der Waals surface area contributed by atoms with Gasteiger partial charge in [-0.05, 0) is 33.8 Å². The summed E-state index contributed by atoms with van der Waals surface area (Å²) in [5, 5.41) is 8.90. The number of thiophene rings is 1. The van der Waals surface area contributed by atoms with Crippen molar-refractivity contribution in [3.05, 3.63) is 15.8 Å². The molecule has 1 rings (SSSR count). The molecule has 1 aromatic rings. The highest BCUT2D eigenvalue weighted by Crippen LogP contribution is 2.25. The Bertz CT molecular complexity index is 543. The van der Waals surface area contributed by atoms with Crippen LogP contribution >= 0.6 is 11.3 Å². The summed E-state index contributed by atoms with van der Waals surface area (Å²) in [5.41, 5.74) is -1.53. The van der Waals surface area contributed by atoms with Crippen LogP contribution in [0.2, 0.25) is 0 Å². The fourth-order valence-electron chi connectivity index (χ4n) is 1.31. The molecule has 0 bridgehead atoms. The smallest absolute Gasteiger partial charge is 0.324 e. The summed E-state index contributed by atoms with van der Waals surface area (Å²) in [6, 6.07) is 1.54. The van der Waals surface area contributed by atoms with Gasteiger partial charge in [-0.2, -0.15) is 4.72 Å². The van der Waals surface area contributed by atoms with Crippen molar-refractivity contribution in [1.82, 2.24) is 4.72 Å². The first-order valence-corrected chi connectivity index (χ1v) is 7.20. The highest BCUT2D eigenvalue weighted by Gasteiger charge is 2.34. The fourth-order valence-corrected chi connectivity index (χ4v) is 4.24. The van der Waals surface area contributed by atoms with E-state index in [1.807, 2.05) is 0 Å². The summed E-state index contributed by atoms with van der Waals surface area (Å²) in [7, 11) is -3.79. The Labute approximate surface area is 105 Å². The fraction of sp³-hybridized carbons (Fsp3) is 0.500. The standard InChI is InChI=1S/C10H15NO4S2/c1-6-5-8(7(2)16-6)17(14,15)11-10(3,4)9(12)13/h5,11H,1-4H3,(H,12,13). The Morgan fingerprint density at radius 2 is 1.94 bits per heavy atom. The molecule has 0 saturated carbocycles. The van der Waals surface area contributed by atoms with Crippen LogP contribution in [0.3, 0.4) is 0 Å². The van der Waals surface area contributed by atoms with Gasteiger partial charge in [0.25, 0.3) is 0 Å². The van der Waals surface area contributed by atoms with E-state index in [9.17, 15) is 13.2 Å². The minimum absolute atomic E-state index is 0.148. The molecule has 0 fully saturated rings. The van der Waals surface area contributed by atoms with Gasteiger partial charge in [0, 0.05) is 9.75 Å². The maximum absolute atomic E-state index is 12.0. The molecule has 7 heteroatoms. The van der Waals surface area contributed by atoms with Gasteiger partial charge in [0.1, 0.15) is 5.54 Å². The van der Waals surface area contributed by atoms with Crippen LogP contribution in [0.1, 0.15) is 23.6 Å². The van der Waals surface area contributed by atoms with E-state index in [1.54, 1.807) is 19.9 Å². The maximum atomic E-state index is 12.0. The highest BCUT2D eigenvalue weighted by molar-refractivity contribution is 7.89. The van der Waals surface area contributed by atoms with Crippen molar-refractivity contribution in [2.75, 3.05) is 0 Å². The zero-order chi connectivity index (χ0) is 13.4. The molecule has 0 aromatic carbocycles. The lowest BCUT2D eigenvalue weighted by molar-refractivity contribution is -0.142. The van der Waals surface area contributed by atoms with Crippen LogP contribution < -0.4 is 4.72 Å². The molecule has 1 heterocycles. The van der Waals surface area contributed by atoms with Crippen molar-refractivity contribution >= 4 is 27.3 Å². The Morgan fingerprint density at radius 3 is 2.29 bits per heavy atom. The summed E-state index contributed by atoms with van der Waals surface area (Å²) in [4.78, 5) is 12.6. The third kappa shape index (κ3) is 3.05. The van der Waals surface area contributed by atoms with Gasteiger partial charge in [0.2, 0.25) is 10.0 Å². The van der Waals surface area contributed by atoms with Crippen LogP contribution in [0.15, 0.2) is 11.0 Å². The van der Waals surface area contributed by atoms with Crippen LogP contribution in [0.25, 0.3) is 0 Å². The average Bonchev–Trinajstić information content (AvgIpc) is 2.43. The highest BCUT2D eigenvalue weighted by atomic mass is 32.2. The Hall–Kier alpha value is -0.920. The number of hydrogen-bond donors (Lipinski definition) is 2. The van der Waals surface area contributed by atoms with Gasteiger partial charge >= 0.3 is 5.97 Å². The Balaban J connectivity index is 3.14. The molecular weight excluding hydrogens is 262 g/mol. The first-order valence-electron chi connectivity index (χ1n) is 4.90. The van der Waals surface area contributed by atoms with Crippen molar-refractivity contribution < 1.29 is 18.3 Å². The van der Waals surface area contributed by atoms with Gasteiger partial charge in [0.15, 0.2) is 0 Å². The van der Waals surface area contributed by atoms with E-state index in [1.165, 1.54) is 25.2 Å². The van der Waals surface area contributed by atoms with E-state index in [0.717, 1.165) is 4.88 Å². The molecule has 0 saturated heterocycles. The second-order valence-corrected chi connectivity index (χ2v) is 7.42. The largest absolute Gasteiger partial charge is 0.480 e. The molecule has 96 valence electrons. The molecule has 0 atom stereocenters. The number of nitrogens with one attached hydrogen (secondary N) is 1. The van der Waals surface area contributed by atoms with Gasteiger partial charge in [-0.15, -0.1) is 11.3 Å². The third-order valence-corrected chi connectivity index (χ3v) is 5.09. The summed E-state index contributed by atoms with van der Waals surface area (Å²) in [6.45, 7) is 6.11. The maximum Gasteiger partial charge on any atom is 0.324 e. The minimum Gasteiger partial charge on any atom is -0.480 e. The summed E-state index contributed by atoms with van der Waals surface area (Å²) >= 11 is 1.36. The molecule has 0 unspecified atom stereocenters. The number of sulfonamides is 1. The summed E-state index contributed by atoms with van der Waals surface area (Å²) in [5.74, 6) is -1.22. The topological polar surface area (TPSA) is 83.5 Å². The van der Waals surface area contributed by atoms with Crippen LogP contribution in [-0.2, 0) is 14.8 Å². The van der Waals surface area contributed by atoms with E-state index in [2.05, 4.69) is 4.72 Å². The normalized spacial score (nSPS) is 12.7. The van der Waals surface area contributed by atoms with Crippen LogP contribution in [-0.4, -0.2) is 25.0 Å². The van der Waals surface area contributed by atoms with Crippen molar-refractivity contribution in [2.24, 2.45) is 0 Å². The van der Waals surface area contributed by atoms with Crippen LogP contribution in [0.4, 0.5) is 0 Å². The van der Waals surface area contributed by atoms with Crippen LogP contribution in [0, 0.1) is 13.8 Å². The molecule has 1 aromatic heterocycles. The monoisotopic (exact) mass is 277 g/mol. The second-order valence-electron chi connectivity index (χ2n) is 4.31. The van der Waals surface area contributed by atoms with Crippen molar-refractivity contribution in [1.29, 1.82) is 0 Å².